The Morgan fingerprint density at radius 3 is 2.50 bits per heavy atom. The number of hydrogen-bond donors (Lipinski definition) is 2. The van der Waals surface area contributed by atoms with Gasteiger partial charge in [-0.3, -0.25) is 4.79 Å². The van der Waals surface area contributed by atoms with E-state index in [1.165, 1.54) is 0 Å². The number of carbonyl (C=O) groups is 1. The standard InChI is InChI=1S/C20H24N2O2/c23-20(14-17-10-7-13-21-17)22-19(16-8-3-1-4-9-16)15-24-18-11-5-2-6-12-18/h1-6,8-9,11-12,17,19,21H,7,10,13-15H2,(H,22,23). The molecule has 0 bridgehead atoms. The zero-order chi connectivity index (χ0) is 16.6. The van der Waals surface area contributed by atoms with Crippen molar-refractivity contribution < 1.29 is 9.53 Å². The third-order valence-corrected chi connectivity index (χ3v) is 4.29. The predicted octanol–water partition coefficient (Wildman–Crippen LogP) is 3.07. The Morgan fingerprint density at radius 2 is 1.83 bits per heavy atom. The summed E-state index contributed by atoms with van der Waals surface area (Å²) in [6.45, 7) is 1.43. The Labute approximate surface area is 143 Å². The summed E-state index contributed by atoms with van der Waals surface area (Å²) in [4.78, 5) is 12.4. The molecule has 2 aromatic carbocycles. The normalized spacial score (nSPS) is 18.1. The van der Waals surface area contributed by atoms with Gasteiger partial charge < -0.3 is 15.4 Å². The van der Waals surface area contributed by atoms with Gasteiger partial charge in [-0.2, -0.15) is 0 Å². The van der Waals surface area contributed by atoms with Crippen LogP contribution in [0.2, 0.25) is 0 Å². The maximum absolute atomic E-state index is 12.4. The molecule has 1 aliphatic heterocycles. The third kappa shape index (κ3) is 4.83. The number of para-hydroxylation sites is 1. The lowest BCUT2D eigenvalue weighted by molar-refractivity contribution is -0.122. The van der Waals surface area contributed by atoms with E-state index in [0.29, 0.717) is 19.1 Å². The topological polar surface area (TPSA) is 50.4 Å². The van der Waals surface area contributed by atoms with E-state index in [2.05, 4.69) is 10.6 Å². The number of amides is 1. The molecule has 3 rings (SSSR count). The molecule has 1 amide bonds. The summed E-state index contributed by atoms with van der Waals surface area (Å²) < 4.78 is 5.86. The first kappa shape index (κ1) is 16.5. The van der Waals surface area contributed by atoms with Crippen molar-refractivity contribution >= 4 is 5.91 Å². The molecule has 24 heavy (non-hydrogen) atoms. The fourth-order valence-corrected chi connectivity index (χ4v) is 3.01. The smallest absolute Gasteiger partial charge is 0.222 e. The van der Waals surface area contributed by atoms with Gasteiger partial charge in [-0.15, -0.1) is 0 Å². The third-order valence-electron chi connectivity index (χ3n) is 4.29. The van der Waals surface area contributed by atoms with Crippen LogP contribution in [-0.4, -0.2) is 25.1 Å². The van der Waals surface area contributed by atoms with E-state index in [1.807, 2.05) is 60.7 Å². The van der Waals surface area contributed by atoms with Crippen LogP contribution in [0.1, 0.15) is 30.9 Å². The van der Waals surface area contributed by atoms with Gasteiger partial charge in [0.1, 0.15) is 12.4 Å². The number of benzene rings is 2. The van der Waals surface area contributed by atoms with Crippen LogP contribution in [0.4, 0.5) is 0 Å². The number of ether oxygens (including phenoxy) is 1. The molecule has 1 aliphatic rings. The molecule has 1 saturated heterocycles. The van der Waals surface area contributed by atoms with E-state index in [9.17, 15) is 4.79 Å². The van der Waals surface area contributed by atoms with Crippen LogP contribution in [0.5, 0.6) is 5.75 Å². The van der Waals surface area contributed by atoms with Gasteiger partial charge in [0.05, 0.1) is 6.04 Å². The molecule has 2 N–H and O–H groups in total. The predicted molar refractivity (Wildman–Crippen MR) is 94.9 cm³/mol. The van der Waals surface area contributed by atoms with Gasteiger partial charge in [-0.05, 0) is 37.1 Å². The van der Waals surface area contributed by atoms with Gasteiger partial charge in [0.25, 0.3) is 0 Å². The molecule has 1 heterocycles. The molecule has 0 radical (unpaired) electrons. The van der Waals surface area contributed by atoms with Crippen molar-refractivity contribution in [1.82, 2.24) is 10.6 Å². The molecular formula is C20H24N2O2. The highest BCUT2D eigenvalue weighted by atomic mass is 16.5. The fourth-order valence-electron chi connectivity index (χ4n) is 3.01. The first-order valence-corrected chi connectivity index (χ1v) is 8.57. The van der Waals surface area contributed by atoms with E-state index in [4.69, 9.17) is 4.74 Å². The molecule has 1 fully saturated rings. The molecule has 0 aliphatic carbocycles. The number of rotatable bonds is 7. The van der Waals surface area contributed by atoms with Crippen LogP contribution in [0.3, 0.4) is 0 Å². The average Bonchev–Trinajstić information content (AvgIpc) is 3.13. The van der Waals surface area contributed by atoms with Crippen molar-refractivity contribution in [2.45, 2.75) is 31.3 Å². The fraction of sp³-hybridized carbons (Fsp3) is 0.350. The summed E-state index contributed by atoms with van der Waals surface area (Å²) in [7, 11) is 0. The minimum atomic E-state index is -0.152. The summed E-state index contributed by atoms with van der Waals surface area (Å²) in [5, 5.41) is 6.49. The van der Waals surface area contributed by atoms with Gasteiger partial charge in [0.2, 0.25) is 5.91 Å². The summed E-state index contributed by atoms with van der Waals surface area (Å²) >= 11 is 0. The maximum atomic E-state index is 12.4. The van der Waals surface area contributed by atoms with Crippen molar-refractivity contribution in [2.24, 2.45) is 0 Å². The minimum Gasteiger partial charge on any atom is -0.491 e. The first-order valence-electron chi connectivity index (χ1n) is 8.57. The molecule has 0 spiro atoms. The zero-order valence-electron chi connectivity index (χ0n) is 13.8. The largest absolute Gasteiger partial charge is 0.491 e. The van der Waals surface area contributed by atoms with Crippen molar-refractivity contribution in [2.75, 3.05) is 13.2 Å². The molecule has 126 valence electrons. The number of carbonyl (C=O) groups excluding carboxylic acids is 1. The second-order valence-corrected chi connectivity index (χ2v) is 6.15. The lowest BCUT2D eigenvalue weighted by Crippen LogP contribution is -2.36. The van der Waals surface area contributed by atoms with Crippen LogP contribution >= 0.6 is 0 Å². The van der Waals surface area contributed by atoms with Crippen LogP contribution in [0.25, 0.3) is 0 Å². The Morgan fingerprint density at radius 1 is 1.12 bits per heavy atom. The van der Waals surface area contributed by atoms with Gasteiger partial charge in [-0.25, -0.2) is 0 Å². The van der Waals surface area contributed by atoms with Crippen LogP contribution < -0.4 is 15.4 Å². The maximum Gasteiger partial charge on any atom is 0.222 e. The monoisotopic (exact) mass is 324 g/mol. The van der Waals surface area contributed by atoms with E-state index in [1.54, 1.807) is 0 Å². The van der Waals surface area contributed by atoms with E-state index < -0.39 is 0 Å². The Hall–Kier alpha value is -2.33. The molecule has 0 saturated carbocycles. The van der Waals surface area contributed by atoms with Crippen molar-refractivity contribution in [3.63, 3.8) is 0 Å². The molecule has 2 aromatic rings. The van der Waals surface area contributed by atoms with E-state index in [-0.39, 0.29) is 11.9 Å². The summed E-state index contributed by atoms with van der Waals surface area (Å²) in [5.41, 5.74) is 1.06. The Balaban J connectivity index is 1.62. The average molecular weight is 324 g/mol. The zero-order valence-corrected chi connectivity index (χ0v) is 13.8. The molecular weight excluding hydrogens is 300 g/mol. The second-order valence-electron chi connectivity index (χ2n) is 6.15. The summed E-state index contributed by atoms with van der Waals surface area (Å²) in [6.07, 6.45) is 2.75. The quantitative estimate of drug-likeness (QED) is 0.823. The van der Waals surface area contributed by atoms with Gasteiger partial charge >= 0.3 is 0 Å². The number of nitrogens with one attached hydrogen (secondary N) is 2. The van der Waals surface area contributed by atoms with Gasteiger partial charge in [0, 0.05) is 12.5 Å². The SMILES string of the molecule is O=C(CC1CCCN1)NC(COc1ccccc1)c1ccccc1. The minimum absolute atomic E-state index is 0.0694. The lowest BCUT2D eigenvalue weighted by atomic mass is 10.1. The second kappa shape index (κ2) is 8.50. The Kier molecular flexibility index (Phi) is 5.85. The molecule has 0 aromatic heterocycles. The van der Waals surface area contributed by atoms with Crippen LogP contribution in [0, 0.1) is 0 Å². The van der Waals surface area contributed by atoms with Crippen molar-refractivity contribution in [1.29, 1.82) is 0 Å². The van der Waals surface area contributed by atoms with E-state index in [0.717, 1.165) is 30.7 Å². The summed E-state index contributed by atoms with van der Waals surface area (Å²) in [6, 6.07) is 19.8. The molecule has 2 atom stereocenters. The molecule has 4 nitrogen and oxygen atoms in total. The van der Waals surface area contributed by atoms with Gasteiger partial charge in [0.15, 0.2) is 0 Å². The molecule has 2 unspecified atom stereocenters. The van der Waals surface area contributed by atoms with Crippen LogP contribution in [0.15, 0.2) is 60.7 Å². The highest BCUT2D eigenvalue weighted by Gasteiger charge is 2.21. The van der Waals surface area contributed by atoms with Gasteiger partial charge in [-0.1, -0.05) is 48.5 Å². The number of hydrogen-bond acceptors (Lipinski definition) is 3. The van der Waals surface area contributed by atoms with E-state index >= 15 is 0 Å². The van der Waals surface area contributed by atoms with Crippen molar-refractivity contribution in [3.8, 4) is 5.75 Å². The van der Waals surface area contributed by atoms with Crippen LogP contribution in [-0.2, 0) is 4.79 Å². The van der Waals surface area contributed by atoms with Crippen molar-refractivity contribution in [3.05, 3.63) is 66.2 Å². The lowest BCUT2D eigenvalue weighted by Gasteiger charge is -2.21. The highest BCUT2D eigenvalue weighted by Crippen LogP contribution is 2.17. The molecule has 4 heteroatoms. The Bertz CT molecular complexity index is 625. The summed E-state index contributed by atoms with van der Waals surface area (Å²) in [5.74, 6) is 0.880. The highest BCUT2D eigenvalue weighted by molar-refractivity contribution is 5.77. The first-order chi connectivity index (χ1) is 11.8.